The number of amidine groups is 1. The van der Waals surface area contributed by atoms with Crippen LogP contribution in [0.1, 0.15) is 32.4 Å². The molecule has 25 heavy (non-hydrogen) atoms. The Bertz CT molecular complexity index is 654. The van der Waals surface area contributed by atoms with E-state index in [2.05, 4.69) is 5.16 Å². The molecule has 2 rings (SSSR count). The summed E-state index contributed by atoms with van der Waals surface area (Å²) >= 11 is 0. The molecule has 0 aromatic heterocycles. The first kappa shape index (κ1) is 19.0. The molecule has 0 spiro atoms. The average Bonchev–Trinajstić information content (AvgIpc) is 2.48. The number of benzene rings is 1. The third-order valence-corrected chi connectivity index (χ3v) is 4.08. The van der Waals surface area contributed by atoms with Gasteiger partial charge in [-0.05, 0) is 26.8 Å². The number of nitrogens with zero attached hydrogens (tertiary/aromatic N) is 3. The van der Waals surface area contributed by atoms with Crippen molar-refractivity contribution in [2.45, 2.75) is 38.5 Å². The first-order valence-corrected chi connectivity index (χ1v) is 8.05. The van der Waals surface area contributed by atoms with Crippen molar-refractivity contribution in [3.63, 3.8) is 0 Å². The fraction of sp³-hybridized carbons (Fsp3) is 0.529. The number of hydrogen-bond acceptors (Lipinski definition) is 5. The fourth-order valence-corrected chi connectivity index (χ4v) is 2.72. The number of rotatable bonds is 4. The zero-order chi connectivity index (χ0) is 18.8. The van der Waals surface area contributed by atoms with Crippen LogP contribution in [0.2, 0.25) is 0 Å². The summed E-state index contributed by atoms with van der Waals surface area (Å²) in [6, 6.07) is 5.43. The highest BCUT2D eigenvalue weighted by molar-refractivity contribution is 5.86. The smallest absolute Gasteiger partial charge is 0.410 e. The number of likely N-dealkylation sites (N-methyl/N-ethyl adjacent to an activating group) is 1. The van der Waals surface area contributed by atoms with E-state index in [-0.39, 0.29) is 11.9 Å². The molecule has 1 heterocycles. The lowest BCUT2D eigenvalue weighted by Gasteiger charge is -2.47. The maximum absolute atomic E-state index is 14.1. The number of carbonyl (C=O) groups is 1. The van der Waals surface area contributed by atoms with E-state index in [1.165, 1.54) is 11.0 Å². The third kappa shape index (κ3) is 4.39. The van der Waals surface area contributed by atoms with Gasteiger partial charge in [0.1, 0.15) is 11.4 Å². The molecule has 8 heteroatoms. The average molecular weight is 352 g/mol. The fourth-order valence-electron chi connectivity index (χ4n) is 2.72. The van der Waals surface area contributed by atoms with Crippen LogP contribution in [0.5, 0.6) is 0 Å². The molecule has 0 unspecified atom stereocenters. The molecule has 1 aliphatic heterocycles. The van der Waals surface area contributed by atoms with Crippen LogP contribution in [0.25, 0.3) is 0 Å². The second-order valence-corrected chi connectivity index (χ2v) is 7.15. The maximum atomic E-state index is 14.1. The molecule has 1 aromatic carbocycles. The van der Waals surface area contributed by atoms with Crippen molar-refractivity contribution in [1.82, 2.24) is 9.80 Å². The molecule has 3 N–H and O–H groups in total. The maximum Gasteiger partial charge on any atom is 0.410 e. The molecule has 138 valence electrons. The Morgan fingerprint density at radius 3 is 2.56 bits per heavy atom. The van der Waals surface area contributed by atoms with E-state index in [4.69, 9.17) is 15.7 Å². The summed E-state index contributed by atoms with van der Waals surface area (Å²) in [4.78, 5) is 15.5. The standard InChI is InChI=1S/C17H25FN4O3/c1-17(2,3)25-16(23)21(4)11-9-22(10-11)14(15(19)20-24)12-7-5-6-8-13(12)18/h5-8,11,14,24H,9-10H2,1-4H3,(H2,19,20)/t14-/m1/s1. The first-order valence-electron chi connectivity index (χ1n) is 8.05. The van der Waals surface area contributed by atoms with Crippen molar-refractivity contribution in [3.8, 4) is 0 Å². The van der Waals surface area contributed by atoms with E-state index in [0.29, 0.717) is 18.7 Å². The summed E-state index contributed by atoms with van der Waals surface area (Å²) in [7, 11) is 1.66. The summed E-state index contributed by atoms with van der Waals surface area (Å²) in [5.41, 5.74) is 5.54. The summed E-state index contributed by atoms with van der Waals surface area (Å²) in [6.45, 7) is 6.34. The van der Waals surface area contributed by atoms with Gasteiger partial charge >= 0.3 is 6.09 Å². The zero-order valence-corrected chi connectivity index (χ0v) is 14.9. The second-order valence-electron chi connectivity index (χ2n) is 7.15. The molecule has 1 aliphatic rings. The van der Waals surface area contributed by atoms with Gasteiger partial charge in [-0.1, -0.05) is 23.4 Å². The molecule has 1 saturated heterocycles. The number of nitrogens with two attached hydrogens (primary N) is 1. The SMILES string of the molecule is CN(C(=O)OC(C)(C)C)C1CN([C@@H](C(N)=NO)c2ccccc2F)C1. The number of oxime groups is 1. The molecule has 1 atom stereocenters. The van der Waals surface area contributed by atoms with Crippen LogP contribution >= 0.6 is 0 Å². The summed E-state index contributed by atoms with van der Waals surface area (Å²) in [5.74, 6) is -0.522. The molecule has 0 saturated carbocycles. The Morgan fingerprint density at radius 2 is 2.04 bits per heavy atom. The summed E-state index contributed by atoms with van der Waals surface area (Å²) < 4.78 is 19.5. The minimum Gasteiger partial charge on any atom is -0.444 e. The molecule has 0 radical (unpaired) electrons. The van der Waals surface area contributed by atoms with Gasteiger partial charge in [0, 0.05) is 25.7 Å². The van der Waals surface area contributed by atoms with Crippen LogP contribution in [0.15, 0.2) is 29.4 Å². The number of ether oxygens (including phenoxy) is 1. The number of amides is 1. The Balaban J connectivity index is 2.07. The minimum atomic E-state index is -0.686. The molecular weight excluding hydrogens is 327 g/mol. The summed E-state index contributed by atoms with van der Waals surface area (Å²) in [5, 5.41) is 12.1. The normalized spacial score (nSPS) is 17.7. The van der Waals surface area contributed by atoms with Crippen molar-refractivity contribution >= 4 is 11.9 Å². The quantitative estimate of drug-likeness (QED) is 0.375. The molecule has 0 aliphatic carbocycles. The molecule has 1 fully saturated rings. The number of hydrogen-bond donors (Lipinski definition) is 2. The van der Waals surface area contributed by atoms with Gasteiger partial charge < -0.3 is 20.6 Å². The van der Waals surface area contributed by atoms with E-state index in [1.54, 1.807) is 46.0 Å². The lowest BCUT2D eigenvalue weighted by Crippen LogP contribution is -2.62. The highest BCUT2D eigenvalue weighted by atomic mass is 19.1. The number of carbonyl (C=O) groups excluding carboxylic acids is 1. The van der Waals surface area contributed by atoms with Gasteiger partial charge in [0.25, 0.3) is 0 Å². The van der Waals surface area contributed by atoms with Gasteiger partial charge in [0.15, 0.2) is 5.84 Å². The van der Waals surface area contributed by atoms with Crippen molar-refractivity contribution in [3.05, 3.63) is 35.6 Å². The van der Waals surface area contributed by atoms with E-state index in [0.717, 1.165) is 0 Å². The van der Waals surface area contributed by atoms with Gasteiger partial charge in [-0.3, -0.25) is 4.90 Å². The van der Waals surface area contributed by atoms with E-state index >= 15 is 0 Å². The van der Waals surface area contributed by atoms with E-state index < -0.39 is 23.6 Å². The Morgan fingerprint density at radius 1 is 1.44 bits per heavy atom. The lowest BCUT2D eigenvalue weighted by atomic mass is 9.97. The van der Waals surface area contributed by atoms with Gasteiger partial charge in [-0.15, -0.1) is 0 Å². The van der Waals surface area contributed by atoms with Crippen molar-refractivity contribution < 1.29 is 19.1 Å². The van der Waals surface area contributed by atoms with Crippen LogP contribution in [-0.4, -0.2) is 58.7 Å². The molecule has 1 amide bonds. The van der Waals surface area contributed by atoms with Crippen molar-refractivity contribution in [2.24, 2.45) is 10.9 Å². The lowest BCUT2D eigenvalue weighted by molar-refractivity contribution is -0.00922. The second kappa shape index (κ2) is 7.26. The van der Waals surface area contributed by atoms with Crippen LogP contribution in [0.3, 0.4) is 0 Å². The molecular formula is C17H25FN4O3. The van der Waals surface area contributed by atoms with Crippen LogP contribution in [-0.2, 0) is 4.74 Å². The number of likely N-dealkylation sites (tertiary alicyclic amines) is 1. The molecule has 1 aromatic rings. The Kier molecular flexibility index (Phi) is 5.52. The first-order chi connectivity index (χ1) is 11.6. The molecule has 0 bridgehead atoms. The predicted molar refractivity (Wildman–Crippen MR) is 91.9 cm³/mol. The third-order valence-electron chi connectivity index (χ3n) is 4.08. The van der Waals surface area contributed by atoms with E-state index in [1.807, 2.05) is 4.90 Å². The molecule has 7 nitrogen and oxygen atoms in total. The topological polar surface area (TPSA) is 91.4 Å². The van der Waals surface area contributed by atoms with Gasteiger partial charge in [-0.25, -0.2) is 9.18 Å². The highest BCUT2D eigenvalue weighted by Gasteiger charge is 2.40. The Labute approximate surface area is 146 Å². The predicted octanol–water partition coefficient (Wildman–Crippen LogP) is 2.16. The van der Waals surface area contributed by atoms with Crippen molar-refractivity contribution in [1.29, 1.82) is 0 Å². The van der Waals surface area contributed by atoms with Gasteiger partial charge in [0.05, 0.1) is 12.1 Å². The van der Waals surface area contributed by atoms with Crippen LogP contribution in [0.4, 0.5) is 9.18 Å². The van der Waals surface area contributed by atoms with Gasteiger partial charge in [-0.2, -0.15) is 0 Å². The monoisotopic (exact) mass is 352 g/mol. The van der Waals surface area contributed by atoms with Crippen molar-refractivity contribution in [2.75, 3.05) is 20.1 Å². The Hall–Kier alpha value is -2.35. The highest BCUT2D eigenvalue weighted by Crippen LogP contribution is 2.30. The van der Waals surface area contributed by atoms with E-state index in [9.17, 15) is 9.18 Å². The number of halogens is 1. The van der Waals surface area contributed by atoms with Gasteiger partial charge in [0.2, 0.25) is 0 Å². The van der Waals surface area contributed by atoms with Crippen LogP contribution in [0, 0.1) is 5.82 Å². The van der Waals surface area contributed by atoms with Crippen LogP contribution < -0.4 is 5.73 Å². The largest absolute Gasteiger partial charge is 0.444 e. The minimum absolute atomic E-state index is 0.0874. The zero-order valence-electron chi connectivity index (χ0n) is 14.9. The summed E-state index contributed by atoms with van der Waals surface area (Å²) in [6.07, 6.45) is -0.414.